The van der Waals surface area contributed by atoms with Crippen molar-refractivity contribution in [2.24, 2.45) is 0 Å². The molecule has 0 amide bonds. The minimum atomic E-state index is 0.719. The molecule has 0 heterocycles. The van der Waals surface area contributed by atoms with Crippen LogP contribution in [0, 0.1) is 11.5 Å². The van der Waals surface area contributed by atoms with Gasteiger partial charge in [0.25, 0.3) is 0 Å². The molecule has 0 N–H and O–H groups in total. The number of methoxy groups -OCH3 is 1. The van der Waals surface area contributed by atoms with Crippen molar-refractivity contribution in [2.45, 2.75) is 6.42 Å². The predicted octanol–water partition coefficient (Wildman–Crippen LogP) is 1.65. The normalized spacial score (nSPS) is 9.21. The standard InChI is InChI=1S/C11H14N2O/c1-13(9-12)8-7-10-5-3-4-6-11(10)14-2/h3-6H,7-8H2,1-2H3. The first-order chi connectivity index (χ1) is 6.77. The molecule has 3 nitrogen and oxygen atoms in total. The first-order valence-corrected chi connectivity index (χ1v) is 4.50. The molecule has 0 unspecified atom stereocenters. The van der Waals surface area contributed by atoms with E-state index in [1.54, 1.807) is 19.1 Å². The molecule has 3 heteroatoms. The summed E-state index contributed by atoms with van der Waals surface area (Å²) in [6, 6.07) is 7.87. The highest BCUT2D eigenvalue weighted by molar-refractivity contribution is 5.33. The van der Waals surface area contributed by atoms with E-state index in [-0.39, 0.29) is 0 Å². The van der Waals surface area contributed by atoms with Gasteiger partial charge < -0.3 is 9.64 Å². The van der Waals surface area contributed by atoms with Gasteiger partial charge >= 0.3 is 0 Å². The number of hydrogen-bond acceptors (Lipinski definition) is 3. The zero-order chi connectivity index (χ0) is 10.4. The highest BCUT2D eigenvalue weighted by Crippen LogP contribution is 2.17. The van der Waals surface area contributed by atoms with Gasteiger partial charge in [0, 0.05) is 13.6 Å². The lowest BCUT2D eigenvalue weighted by Crippen LogP contribution is -2.14. The molecule has 0 aliphatic rings. The van der Waals surface area contributed by atoms with Crippen molar-refractivity contribution in [1.82, 2.24) is 4.90 Å². The maximum absolute atomic E-state index is 8.58. The average molecular weight is 190 g/mol. The third-order valence-corrected chi connectivity index (χ3v) is 2.08. The highest BCUT2D eigenvalue weighted by Gasteiger charge is 2.02. The first kappa shape index (κ1) is 10.4. The number of likely N-dealkylation sites (N-methyl/N-ethyl adjacent to an activating group) is 1. The lowest BCUT2D eigenvalue weighted by atomic mass is 10.1. The second-order valence-corrected chi connectivity index (χ2v) is 3.08. The summed E-state index contributed by atoms with van der Waals surface area (Å²) >= 11 is 0. The molecule has 0 saturated carbocycles. The summed E-state index contributed by atoms with van der Waals surface area (Å²) in [5, 5.41) is 8.58. The van der Waals surface area contributed by atoms with Crippen LogP contribution in [0.4, 0.5) is 0 Å². The summed E-state index contributed by atoms with van der Waals surface area (Å²) in [5.74, 6) is 0.888. The molecule has 0 aliphatic heterocycles. The maximum atomic E-state index is 8.58. The van der Waals surface area contributed by atoms with Gasteiger partial charge in [0.2, 0.25) is 0 Å². The summed E-state index contributed by atoms with van der Waals surface area (Å²) in [7, 11) is 3.43. The van der Waals surface area contributed by atoms with E-state index >= 15 is 0 Å². The van der Waals surface area contributed by atoms with Gasteiger partial charge in [-0.15, -0.1) is 0 Å². The minimum Gasteiger partial charge on any atom is -0.496 e. The molecule has 14 heavy (non-hydrogen) atoms. The molecule has 1 aromatic carbocycles. The van der Waals surface area contributed by atoms with Crippen molar-refractivity contribution in [3.8, 4) is 11.9 Å². The van der Waals surface area contributed by atoms with Crippen molar-refractivity contribution in [1.29, 1.82) is 5.26 Å². The first-order valence-electron chi connectivity index (χ1n) is 4.50. The monoisotopic (exact) mass is 190 g/mol. The summed E-state index contributed by atoms with van der Waals surface area (Å²) in [4.78, 5) is 1.60. The Labute approximate surface area is 84.5 Å². The van der Waals surface area contributed by atoms with Crippen LogP contribution in [0.1, 0.15) is 5.56 Å². The molecule has 0 radical (unpaired) electrons. The van der Waals surface area contributed by atoms with Crippen LogP contribution in [0.5, 0.6) is 5.75 Å². The van der Waals surface area contributed by atoms with Crippen LogP contribution in [0.25, 0.3) is 0 Å². The molecule has 0 fully saturated rings. The molecule has 0 aliphatic carbocycles. The van der Waals surface area contributed by atoms with Crippen molar-refractivity contribution in [3.63, 3.8) is 0 Å². The van der Waals surface area contributed by atoms with Crippen LogP contribution in [0.2, 0.25) is 0 Å². The molecule has 74 valence electrons. The summed E-state index contributed by atoms with van der Waals surface area (Å²) < 4.78 is 5.21. The Hall–Kier alpha value is -1.69. The molecule has 0 spiro atoms. The molecular weight excluding hydrogens is 176 g/mol. The van der Waals surface area contributed by atoms with Crippen molar-refractivity contribution < 1.29 is 4.74 Å². The Morgan fingerprint density at radius 3 is 2.79 bits per heavy atom. The van der Waals surface area contributed by atoms with Crippen LogP contribution >= 0.6 is 0 Å². The molecule has 0 bridgehead atoms. The lowest BCUT2D eigenvalue weighted by Gasteiger charge is -2.11. The number of nitrogens with zero attached hydrogens (tertiary/aromatic N) is 2. The number of para-hydroxylation sites is 1. The van der Waals surface area contributed by atoms with E-state index < -0.39 is 0 Å². The quantitative estimate of drug-likeness (QED) is 0.535. The number of rotatable bonds is 4. The second-order valence-electron chi connectivity index (χ2n) is 3.08. The van der Waals surface area contributed by atoms with Crippen molar-refractivity contribution in [2.75, 3.05) is 20.7 Å². The maximum Gasteiger partial charge on any atom is 0.179 e. The Kier molecular flexibility index (Phi) is 3.81. The summed E-state index contributed by atoms with van der Waals surface area (Å²) in [6.45, 7) is 0.719. The van der Waals surface area contributed by atoms with Gasteiger partial charge in [-0.25, -0.2) is 0 Å². The fourth-order valence-electron chi connectivity index (χ4n) is 1.25. The molecule has 0 aromatic heterocycles. The Morgan fingerprint density at radius 1 is 1.43 bits per heavy atom. The number of nitriles is 1. The third kappa shape index (κ3) is 2.67. The van der Waals surface area contributed by atoms with E-state index in [9.17, 15) is 0 Å². The van der Waals surface area contributed by atoms with Crippen LogP contribution in [-0.2, 0) is 6.42 Å². The molecule has 1 aromatic rings. The van der Waals surface area contributed by atoms with E-state index in [1.165, 1.54) is 0 Å². The number of hydrogen-bond donors (Lipinski definition) is 0. The lowest BCUT2D eigenvalue weighted by molar-refractivity contribution is 0.404. The van der Waals surface area contributed by atoms with Gasteiger partial charge in [-0.3, -0.25) is 0 Å². The molecule has 0 saturated heterocycles. The molecule has 0 atom stereocenters. The van der Waals surface area contributed by atoms with Gasteiger partial charge in [0.15, 0.2) is 6.19 Å². The van der Waals surface area contributed by atoms with Crippen LogP contribution in [0.3, 0.4) is 0 Å². The third-order valence-electron chi connectivity index (χ3n) is 2.08. The Morgan fingerprint density at radius 2 is 2.14 bits per heavy atom. The SMILES string of the molecule is COc1ccccc1CCN(C)C#N. The smallest absolute Gasteiger partial charge is 0.179 e. The van der Waals surface area contributed by atoms with Crippen molar-refractivity contribution >= 4 is 0 Å². The zero-order valence-electron chi connectivity index (χ0n) is 8.53. The molecular formula is C11H14N2O. The van der Waals surface area contributed by atoms with E-state index in [1.807, 2.05) is 24.3 Å². The second kappa shape index (κ2) is 5.13. The zero-order valence-corrected chi connectivity index (χ0v) is 8.53. The predicted molar refractivity (Wildman–Crippen MR) is 54.9 cm³/mol. The highest BCUT2D eigenvalue weighted by atomic mass is 16.5. The van der Waals surface area contributed by atoms with E-state index in [2.05, 4.69) is 6.19 Å². The Bertz CT molecular complexity index is 330. The van der Waals surface area contributed by atoms with E-state index in [0.29, 0.717) is 0 Å². The largest absolute Gasteiger partial charge is 0.496 e. The van der Waals surface area contributed by atoms with Crippen molar-refractivity contribution in [3.05, 3.63) is 29.8 Å². The van der Waals surface area contributed by atoms with Crippen LogP contribution in [0.15, 0.2) is 24.3 Å². The summed E-state index contributed by atoms with van der Waals surface area (Å²) in [6.07, 6.45) is 2.89. The molecule has 1 rings (SSSR count). The van der Waals surface area contributed by atoms with Gasteiger partial charge in [0.05, 0.1) is 7.11 Å². The Balaban J connectivity index is 2.63. The van der Waals surface area contributed by atoms with Gasteiger partial charge in [-0.1, -0.05) is 18.2 Å². The fourth-order valence-corrected chi connectivity index (χ4v) is 1.25. The number of benzene rings is 1. The van der Waals surface area contributed by atoms with Crippen LogP contribution < -0.4 is 4.74 Å². The van der Waals surface area contributed by atoms with Crippen LogP contribution in [-0.4, -0.2) is 25.6 Å². The summed E-state index contributed by atoms with van der Waals surface area (Å²) in [5.41, 5.74) is 1.14. The van der Waals surface area contributed by atoms with Gasteiger partial charge in [0.1, 0.15) is 5.75 Å². The van der Waals surface area contributed by atoms with E-state index in [4.69, 9.17) is 10.00 Å². The minimum absolute atomic E-state index is 0.719. The van der Waals surface area contributed by atoms with Gasteiger partial charge in [-0.2, -0.15) is 5.26 Å². The topological polar surface area (TPSA) is 36.3 Å². The number of ether oxygens (including phenoxy) is 1. The van der Waals surface area contributed by atoms with E-state index in [0.717, 1.165) is 24.3 Å². The van der Waals surface area contributed by atoms with Gasteiger partial charge in [-0.05, 0) is 18.1 Å². The fraction of sp³-hybridized carbons (Fsp3) is 0.364. The average Bonchev–Trinajstić information content (AvgIpc) is 2.26.